The lowest BCUT2D eigenvalue weighted by atomic mass is 9.80. The van der Waals surface area contributed by atoms with Crippen LogP contribution in [0.4, 0.5) is 19.2 Å². The minimum absolute atomic E-state index is 0. The van der Waals surface area contributed by atoms with Crippen molar-refractivity contribution in [2.75, 3.05) is 41.2 Å². The van der Waals surface area contributed by atoms with Crippen molar-refractivity contribution in [3.8, 4) is 0 Å². The van der Waals surface area contributed by atoms with E-state index in [4.69, 9.17) is 0 Å². The highest BCUT2D eigenvalue weighted by Crippen LogP contribution is 2.25. The predicted octanol–water partition coefficient (Wildman–Crippen LogP) is 6.91. The Labute approximate surface area is 317 Å². The molecule has 0 spiro atoms. The van der Waals surface area contributed by atoms with Gasteiger partial charge in [-0.2, -0.15) is 0 Å². The van der Waals surface area contributed by atoms with E-state index in [2.05, 4.69) is 100 Å². The summed E-state index contributed by atoms with van der Waals surface area (Å²) in [6.45, 7) is 32.6. The Bertz CT molecular complexity index is 1120. The Morgan fingerprint density at radius 2 is 0.885 bits per heavy atom. The first-order valence-corrected chi connectivity index (χ1v) is 18.8. The van der Waals surface area contributed by atoms with Crippen LogP contribution in [0.2, 0.25) is 0 Å². The lowest BCUT2D eigenvalue weighted by Gasteiger charge is -2.34. The standard InChI is InChI=1S/C10H20N2O4.C10H21NO2.C8H17NO2.C7H17NO2S.CH4/c1-10(2,3)7(12-9(14)16-5)6-11-8(13)15-4;1-7(2)8(10(3,4)5)11-9(12)13-6;1-6(8(2,3)4)9-7(10)11-5;1-6(7(2,3)4)8-11(5,9)10;/h7H,6H2,1-5H3,(H,11,13)(H,12,14);7-8H,1-6H3,(H,11,12);6H,1-5H3,(H,9,10);6,8H,1-5H3;1H4. The second-order valence-electron chi connectivity index (χ2n) is 16.9. The van der Waals surface area contributed by atoms with Gasteiger partial charge < -0.3 is 40.2 Å². The highest BCUT2D eigenvalue weighted by molar-refractivity contribution is 7.88. The van der Waals surface area contributed by atoms with Crippen molar-refractivity contribution in [2.45, 2.75) is 142 Å². The van der Waals surface area contributed by atoms with Crippen LogP contribution in [0.1, 0.15) is 118 Å². The monoisotopic (exact) mass is 774 g/mol. The number of hydrogen-bond acceptors (Lipinski definition) is 10. The number of rotatable bonds is 8. The summed E-state index contributed by atoms with van der Waals surface area (Å²) in [7, 11) is 2.27. The zero-order valence-corrected chi connectivity index (χ0v) is 36.4. The molecule has 4 atom stereocenters. The number of hydrogen-bond donors (Lipinski definition) is 5. The van der Waals surface area contributed by atoms with Gasteiger partial charge in [-0.3, -0.25) is 0 Å². The van der Waals surface area contributed by atoms with Gasteiger partial charge >= 0.3 is 24.4 Å². The summed E-state index contributed by atoms with van der Waals surface area (Å²) in [6, 6.07) is -0.00792. The lowest BCUT2D eigenvalue weighted by molar-refractivity contribution is 0.142. The summed E-state index contributed by atoms with van der Waals surface area (Å²) in [5.74, 6) is 0.402. The van der Waals surface area contributed by atoms with Gasteiger partial charge in [-0.05, 0) is 41.4 Å². The third kappa shape index (κ3) is 32.9. The number of carbonyl (C=O) groups excluding carboxylic acids is 4. The van der Waals surface area contributed by atoms with Gasteiger partial charge in [0.05, 0.1) is 40.7 Å². The van der Waals surface area contributed by atoms with E-state index in [0.717, 1.165) is 0 Å². The van der Waals surface area contributed by atoms with E-state index >= 15 is 0 Å². The van der Waals surface area contributed by atoms with E-state index in [-0.39, 0.29) is 72.0 Å². The summed E-state index contributed by atoms with van der Waals surface area (Å²) >= 11 is 0. The molecule has 5 N–H and O–H groups in total. The molecule has 0 saturated heterocycles. The molecule has 0 saturated carbocycles. The normalized spacial score (nSPS) is 13.8. The van der Waals surface area contributed by atoms with Crippen LogP contribution in [0.3, 0.4) is 0 Å². The quantitative estimate of drug-likeness (QED) is 0.162. The third-order valence-corrected chi connectivity index (χ3v) is 8.51. The molecule has 0 bridgehead atoms. The summed E-state index contributed by atoms with van der Waals surface area (Å²) < 4.78 is 42.1. The number of carbonyl (C=O) groups is 4. The predicted molar refractivity (Wildman–Crippen MR) is 211 cm³/mol. The largest absolute Gasteiger partial charge is 0.453 e. The van der Waals surface area contributed by atoms with E-state index < -0.39 is 22.2 Å². The molecule has 0 aromatic carbocycles. The van der Waals surface area contributed by atoms with Crippen molar-refractivity contribution < 1.29 is 46.5 Å². The van der Waals surface area contributed by atoms with Crippen LogP contribution in [0.5, 0.6) is 0 Å². The molecule has 0 aromatic heterocycles. The van der Waals surface area contributed by atoms with Crippen LogP contribution in [0.25, 0.3) is 0 Å². The molecule has 4 amide bonds. The Hall–Kier alpha value is -3.01. The van der Waals surface area contributed by atoms with Crippen molar-refractivity contribution in [3.05, 3.63) is 0 Å². The van der Waals surface area contributed by atoms with Gasteiger partial charge in [0.1, 0.15) is 0 Å². The van der Waals surface area contributed by atoms with Crippen LogP contribution in [0.15, 0.2) is 0 Å². The maximum Gasteiger partial charge on any atom is 0.407 e. The number of ether oxygens (including phenoxy) is 4. The first-order chi connectivity index (χ1) is 22.6. The second-order valence-corrected chi connectivity index (χ2v) is 18.6. The molecule has 0 aliphatic carbocycles. The molecular formula is C36H79N5O10S. The SMILES string of the molecule is C.CC(NS(C)(=O)=O)C(C)(C)C.COC(=O)NC(C(C)C)C(C)(C)C.COC(=O)NC(C)C(C)(C)C.COC(=O)NCC(NC(=O)OC)C(C)(C)C. The topological polar surface area (TPSA) is 199 Å². The van der Waals surface area contributed by atoms with Gasteiger partial charge in [-0.25, -0.2) is 32.3 Å². The molecule has 15 nitrogen and oxygen atoms in total. The van der Waals surface area contributed by atoms with Crippen molar-refractivity contribution in [1.82, 2.24) is 26.0 Å². The zero-order chi connectivity index (χ0) is 41.8. The van der Waals surface area contributed by atoms with Crippen LogP contribution in [-0.4, -0.2) is 98.2 Å². The summed E-state index contributed by atoms with van der Waals surface area (Å²) in [6.07, 6.45) is -0.594. The smallest absolute Gasteiger partial charge is 0.407 e. The van der Waals surface area contributed by atoms with Gasteiger partial charge in [0, 0.05) is 24.7 Å². The van der Waals surface area contributed by atoms with E-state index in [0.29, 0.717) is 5.92 Å². The number of alkyl carbamates (subject to hydrolysis) is 4. The van der Waals surface area contributed by atoms with E-state index in [9.17, 15) is 27.6 Å². The van der Waals surface area contributed by atoms with Gasteiger partial charge in [-0.1, -0.05) is 104 Å². The summed E-state index contributed by atoms with van der Waals surface area (Å²) in [4.78, 5) is 43.8. The fraction of sp³-hybridized carbons (Fsp3) is 0.889. The van der Waals surface area contributed by atoms with Crippen LogP contribution in [-0.2, 0) is 29.0 Å². The Balaban J connectivity index is -0.000000190. The Morgan fingerprint density at radius 1 is 0.538 bits per heavy atom. The maximum absolute atomic E-state index is 11.1. The first kappa shape index (κ1) is 58.3. The fourth-order valence-corrected chi connectivity index (χ4v) is 4.55. The summed E-state index contributed by atoms with van der Waals surface area (Å²) in [5, 5.41) is 10.7. The van der Waals surface area contributed by atoms with Crippen molar-refractivity contribution >= 4 is 34.4 Å². The van der Waals surface area contributed by atoms with E-state index in [1.54, 1.807) is 0 Å². The Kier molecular flexibility index (Phi) is 29.0. The number of methoxy groups -OCH3 is 4. The van der Waals surface area contributed by atoms with E-state index in [1.165, 1.54) is 34.7 Å². The zero-order valence-electron chi connectivity index (χ0n) is 35.6. The van der Waals surface area contributed by atoms with Gasteiger partial charge in [0.15, 0.2) is 0 Å². The van der Waals surface area contributed by atoms with Gasteiger partial charge in [-0.15, -0.1) is 0 Å². The molecule has 0 heterocycles. The average Bonchev–Trinajstić information content (AvgIpc) is 2.95. The molecule has 0 aliphatic heterocycles. The fourth-order valence-electron chi connectivity index (χ4n) is 3.55. The minimum atomic E-state index is -3.06. The van der Waals surface area contributed by atoms with Crippen molar-refractivity contribution in [3.63, 3.8) is 0 Å². The molecule has 0 fully saturated rings. The highest BCUT2D eigenvalue weighted by atomic mass is 32.2. The molecule has 0 aromatic rings. The van der Waals surface area contributed by atoms with Gasteiger partial charge in [0.25, 0.3) is 0 Å². The Morgan fingerprint density at radius 3 is 1.13 bits per heavy atom. The highest BCUT2D eigenvalue weighted by Gasteiger charge is 2.29. The molecule has 52 heavy (non-hydrogen) atoms. The maximum atomic E-state index is 11.1. The van der Waals surface area contributed by atoms with Gasteiger partial charge in [0.2, 0.25) is 10.0 Å². The molecule has 4 unspecified atom stereocenters. The molecule has 16 heteroatoms. The average molecular weight is 774 g/mol. The van der Waals surface area contributed by atoms with E-state index in [1.807, 2.05) is 55.4 Å². The minimum Gasteiger partial charge on any atom is -0.453 e. The molecular weight excluding hydrogens is 694 g/mol. The molecule has 0 aliphatic rings. The first-order valence-electron chi connectivity index (χ1n) is 16.9. The molecule has 0 radical (unpaired) electrons. The van der Waals surface area contributed by atoms with Crippen LogP contribution >= 0.6 is 0 Å². The number of sulfonamides is 1. The number of amides is 4. The molecule has 0 rings (SSSR count). The van der Waals surface area contributed by atoms with Crippen LogP contribution in [0, 0.1) is 27.6 Å². The number of nitrogens with one attached hydrogen (secondary N) is 5. The van der Waals surface area contributed by atoms with Crippen molar-refractivity contribution in [1.29, 1.82) is 0 Å². The summed E-state index contributed by atoms with van der Waals surface area (Å²) in [5.41, 5.74) is -0.0885. The van der Waals surface area contributed by atoms with Crippen molar-refractivity contribution in [2.24, 2.45) is 27.6 Å². The van der Waals surface area contributed by atoms with Crippen LogP contribution < -0.4 is 26.0 Å². The lowest BCUT2D eigenvalue weighted by Crippen LogP contribution is -2.50. The second kappa shape index (κ2) is 25.9. The third-order valence-electron chi connectivity index (χ3n) is 7.73. The molecule has 314 valence electrons.